The first-order valence-corrected chi connectivity index (χ1v) is 9.37. The predicted molar refractivity (Wildman–Crippen MR) is 112 cm³/mol. The number of aryl methyl sites for hydroxylation is 1. The second-order valence-corrected chi connectivity index (χ2v) is 6.71. The van der Waals surface area contributed by atoms with Crippen molar-refractivity contribution in [3.63, 3.8) is 0 Å². The van der Waals surface area contributed by atoms with Crippen molar-refractivity contribution in [2.75, 3.05) is 7.05 Å². The standard InChI is InChI=1S/C23H21F2N3O2/c1-26-15-22(30)21(29)14-23-27-9-11-28(23)10-8-20(16-4-2-6-18(24)12-16)17-5-3-7-19(25)13-17/h2-7,9,11-15,20,29H,8,10H2,1H3/b21-14-,26-15?. The van der Waals surface area contributed by atoms with Gasteiger partial charge in [-0.05, 0) is 41.8 Å². The van der Waals surface area contributed by atoms with E-state index in [-0.39, 0.29) is 17.6 Å². The molecule has 3 aromatic rings. The Labute approximate surface area is 173 Å². The molecule has 2 aromatic carbocycles. The van der Waals surface area contributed by atoms with Crippen LogP contribution in [0.15, 0.2) is 71.7 Å². The van der Waals surface area contributed by atoms with Crippen LogP contribution < -0.4 is 0 Å². The van der Waals surface area contributed by atoms with Crippen LogP contribution in [0.3, 0.4) is 0 Å². The minimum Gasteiger partial charge on any atom is -0.504 e. The van der Waals surface area contributed by atoms with Gasteiger partial charge < -0.3 is 9.67 Å². The Kier molecular flexibility index (Phi) is 6.85. The van der Waals surface area contributed by atoms with E-state index >= 15 is 0 Å². The zero-order chi connectivity index (χ0) is 21.5. The number of imidazole rings is 1. The number of halogens is 2. The number of aliphatic hydroxyl groups is 1. The largest absolute Gasteiger partial charge is 0.504 e. The number of hydrogen-bond donors (Lipinski definition) is 1. The van der Waals surface area contributed by atoms with Crippen molar-refractivity contribution in [1.29, 1.82) is 0 Å². The maximum atomic E-state index is 13.8. The van der Waals surface area contributed by atoms with E-state index in [9.17, 15) is 18.7 Å². The zero-order valence-electron chi connectivity index (χ0n) is 16.4. The number of nitrogens with zero attached hydrogens (tertiary/aromatic N) is 3. The number of carbonyl (C=O) groups excluding carboxylic acids is 1. The smallest absolute Gasteiger partial charge is 0.237 e. The lowest BCUT2D eigenvalue weighted by atomic mass is 9.88. The molecule has 0 atom stereocenters. The van der Waals surface area contributed by atoms with E-state index in [1.165, 1.54) is 37.4 Å². The van der Waals surface area contributed by atoms with Crippen molar-refractivity contribution < 1.29 is 18.7 Å². The summed E-state index contributed by atoms with van der Waals surface area (Å²) >= 11 is 0. The fourth-order valence-corrected chi connectivity index (χ4v) is 3.27. The number of ketones is 1. The number of carbonyl (C=O) groups is 1. The highest BCUT2D eigenvalue weighted by molar-refractivity contribution is 6.35. The fraction of sp³-hybridized carbons (Fsp3) is 0.174. The van der Waals surface area contributed by atoms with Crippen LogP contribution in [0.4, 0.5) is 8.78 Å². The van der Waals surface area contributed by atoms with Crippen LogP contribution in [0.25, 0.3) is 6.08 Å². The lowest BCUT2D eigenvalue weighted by Gasteiger charge is -2.19. The zero-order valence-corrected chi connectivity index (χ0v) is 16.4. The minimum absolute atomic E-state index is 0.252. The molecule has 0 unspecified atom stereocenters. The number of aliphatic hydroxyl groups excluding tert-OH is 1. The lowest BCUT2D eigenvalue weighted by Crippen LogP contribution is -2.09. The topological polar surface area (TPSA) is 67.5 Å². The Balaban J connectivity index is 1.86. The first kappa shape index (κ1) is 21.1. The summed E-state index contributed by atoms with van der Waals surface area (Å²) in [5.41, 5.74) is 1.46. The summed E-state index contributed by atoms with van der Waals surface area (Å²) in [5, 5.41) is 9.92. The third-order valence-corrected chi connectivity index (χ3v) is 4.67. The van der Waals surface area contributed by atoms with Crippen molar-refractivity contribution >= 4 is 18.1 Å². The Morgan fingerprint density at radius 3 is 2.37 bits per heavy atom. The number of aromatic nitrogens is 2. The van der Waals surface area contributed by atoms with Gasteiger partial charge in [-0.25, -0.2) is 13.8 Å². The SMILES string of the molecule is CN=CC(=O)/C(O)=C/c1nccn1CCC(c1cccc(F)c1)c1cccc(F)c1. The van der Waals surface area contributed by atoms with E-state index in [0.717, 1.165) is 17.3 Å². The molecule has 0 radical (unpaired) electrons. The van der Waals surface area contributed by atoms with Gasteiger partial charge in [0, 0.05) is 38.0 Å². The number of Topliss-reactive ketones (excluding diaryl/α,β-unsaturated/α-hetero) is 1. The summed E-state index contributed by atoms with van der Waals surface area (Å²) in [7, 11) is 1.44. The lowest BCUT2D eigenvalue weighted by molar-refractivity contribution is -0.111. The molecule has 0 aliphatic rings. The molecule has 1 heterocycles. The summed E-state index contributed by atoms with van der Waals surface area (Å²) in [5.74, 6) is -1.67. The number of rotatable bonds is 8. The molecule has 0 saturated heterocycles. The third kappa shape index (κ3) is 5.26. The highest BCUT2D eigenvalue weighted by atomic mass is 19.1. The average Bonchev–Trinajstić information content (AvgIpc) is 3.15. The van der Waals surface area contributed by atoms with Gasteiger partial charge in [0.1, 0.15) is 17.5 Å². The molecular formula is C23H21F2N3O2. The van der Waals surface area contributed by atoms with Crippen LogP contribution in [0.1, 0.15) is 29.3 Å². The van der Waals surface area contributed by atoms with Gasteiger partial charge in [-0.15, -0.1) is 0 Å². The van der Waals surface area contributed by atoms with Crippen LogP contribution in [-0.2, 0) is 11.3 Å². The molecule has 0 spiro atoms. The molecule has 0 bridgehead atoms. The molecule has 0 fully saturated rings. The molecule has 0 aliphatic heterocycles. The second-order valence-electron chi connectivity index (χ2n) is 6.71. The molecule has 1 aromatic heterocycles. The van der Waals surface area contributed by atoms with Gasteiger partial charge in [-0.3, -0.25) is 9.79 Å². The minimum atomic E-state index is -0.621. The van der Waals surface area contributed by atoms with Crippen LogP contribution >= 0.6 is 0 Å². The highest BCUT2D eigenvalue weighted by Gasteiger charge is 2.17. The van der Waals surface area contributed by atoms with Gasteiger partial charge in [0.15, 0.2) is 5.76 Å². The first-order valence-electron chi connectivity index (χ1n) is 9.37. The Bertz CT molecular complexity index is 1040. The summed E-state index contributed by atoms with van der Waals surface area (Å²) < 4.78 is 29.4. The molecule has 30 heavy (non-hydrogen) atoms. The van der Waals surface area contributed by atoms with E-state index in [4.69, 9.17) is 0 Å². The van der Waals surface area contributed by atoms with Gasteiger partial charge >= 0.3 is 0 Å². The molecule has 0 aliphatic carbocycles. The van der Waals surface area contributed by atoms with Crippen LogP contribution in [-0.4, -0.2) is 33.7 Å². The maximum absolute atomic E-state index is 13.8. The predicted octanol–water partition coefficient (Wildman–Crippen LogP) is 4.55. The Morgan fingerprint density at radius 1 is 1.17 bits per heavy atom. The normalized spacial score (nSPS) is 12.1. The molecule has 154 valence electrons. The van der Waals surface area contributed by atoms with Crippen molar-refractivity contribution in [1.82, 2.24) is 9.55 Å². The van der Waals surface area contributed by atoms with Gasteiger partial charge in [0.2, 0.25) is 5.78 Å². The quantitative estimate of drug-likeness (QED) is 0.337. The first-order chi connectivity index (χ1) is 14.5. The molecule has 5 nitrogen and oxygen atoms in total. The summed E-state index contributed by atoms with van der Waals surface area (Å²) in [6.07, 6.45) is 6.07. The van der Waals surface area contributed by atoms with Crippen molar-refractivity contribution in [2.24, 2.45) is 4.99 Å². The fourth-order valence-electron chi connectivity index (χ4n) is 3.27. The molecule has 0 amide bonds. The van der Waals surface area contributed by atoms with E-state index < -0.39 is 11.5 Å². The van der Waals surface area contributed by atoms with Gasteiger partial charge in [-0.1, -0.05) is 24.3 Å². The van der Waals surface area contributed by atoms with Crippen molar-refractivity contribution in [2.45, 2.75) is 18.9 Å². The Morgan fingerprint density at radius 2 is 1.80 bits per heavy atom. The molecule has 7 heteroatoms. The second kappa shape index (κ2) is 9.73. The number of aliphatic imine (C=N–C) groups is 1. The number of hydrogen-bond acceptors (Lipinski definition) is 4. The van der Waals surface area contributed by atoms with E-state index in [0.29, 0.717) is 18.8 Å². The van der Waals surface area contributed by atoms with E-state index in [1.54, 1.807) is 29.1 Å². The van der Waals surface area contributed by atoms with E-state index in [2.05, 4.69) is 9.98 Å². The summed E-state index contributed by atoms with van der Waals surface area (Å²) in [6.45, 7) is 0.451. The van der Waals surface area contributed by atoms with Gasteiger partial charge in [-0.2, -0.15) is 0 Å². The maximum Gasteiger partial charge on any atom is 0.237 e. The van der Waals surface area contributed by atoms with Gasteiger partial charge in [0.05, 0.1) is 6.21 Å². The molecular weight excluding hydrogens is 388 g/mol. The van der Waals surface area contributed by atoms with Crippen molar-refractivity contribution in [3.05, 3.63) is 95.3 Å². The highest BCUT2D eigenvalue weighted by Crippen LogP contribution is 2.29. The molecule has 0 saturated carbocycles. The monoisotopic (exact) mass is 409 g/mol. The average molecular weight is 409 g/mol. The van der Waals surface area contributed by atoms with Crippen molar-refractivity contribution in [3.8, 4) is 0 Å². The Hall–Kier alpha value is -3.61. The van der Waals surface area contributed by atoms with Crippen LogP contribution in [0.2, 0.25) is 0 Å². The summed E-state index contributed by atoms with van der Waals surface area (Å²) in [6, 6.07) is 12.5. The van der Waals surface area contributed by atoms with Crippen LogP contribution in [0.5, 0.6) is 0 Å². The molecule has 1 N–H and O–H groups in total. The summed E-state index contributed by atoms with van der Waals surface area (Å²) in [4.78, 5) is 19.5. The number of benzene rings is 2. The molecule has 3 rings (SSSR count). The third-order valence-electron chi connectivity index (χ3n) is 4.67. The van der Waals surface area contributed by atoms with Gasteiger partial charge in [0.25, 0.3) is 0 Å². The number of allylic oxidation sites excluding steroid dienone is 1. The van der Waals surface area contributed by atoms with E-state index in [1.807, 2.05) is 12.1 Å². The van der Waals surface area contributed by atoms with Crippen LogP contribution in [0, 0.1) is 11.6 Å².